The number of benzene rings is 2. The summed E-state index contributed by atoms with van der Waals surface area (Å²) in [4.78, 5) is 12.6. The summed E-state index contributed by atoms with van der Waals surface area (Å²) in [5.74, 6) is 0.244. The molecule has 0 aliphatic carbocycles. The summed E-state index contributed by atoms with van der Waals surface area (Å²) in [6.07, 6.45) is 0. The van der Waals surface area contributed by atoms with E-state index in [0.29, 0.717) is 38.6 Å². The first-order valence-electron chi connectivity index (χ1n) is 6.36. The molecule has 0 heterocycles. The molecule has 5 heteroatoms. The summed E-state index contributed by atoms with van der Waals surface area (Å²) < 4.78 is 5.35. The van der Waals surface area contributed by atoms with Gasteiger partial charge in [-0.1, -0.05) is 40.9 Å². The molecule has 2 nitrogen and oxygen atoms in total. The predicted molar refractivity (Wildman–Crippen MR) is 87.3 cm³/mol. The van der Waals surface area contributed by atoms with Gasteiger partial charge in [-0.05, 0) is 37.6 Å². The first kappa shape index (κ1) is 16.2. The second-order valence-electron chi connectivity index (χ2n) is 4.48. The Hall–Kier alpha value is -1.22. The van der Waals surface area contributed by atoms with Gasteiger partial charge in [0, 0.05) is 22.2 Å². The van der Waals surface area contributed by atoms with Gasteiger partial charge in [0.1, 0.15) is 5.75 Å². The van der Waals surface area contributed by atoms with Gasteiger partial charge in [0.25, 0.3) is 0 Å². The molecule has 0 aliphatic rings. The molecule has 0 spiro atoms. The molecule has 0 unspecified atom stereocenters. The summed E-state index contributed by atoms with van der Waals surface area (Å²) in [5.41, 5.74) is 1.66. The normalized spacial score (nSPS) is 10.5. The van der Waals surface area contributed by atoms with Gasteiger partial charge in [0.15, 0.2) is 5.78 Å². The van der Waals surface area contributed by atoms with E-state index < -0.39 is 0 Å². The molecule has 0 bridgehead atoms. The molecule has 0 N–H and O–H groups in total. The summed E-state index contributed by atoms with van der Waals surface area (Å²) in [5, 5.41) is 1.15. The van der Waals surface area contributed by atoms with Crippen molar-refractivity contribution in [3.05, 3.63) is 62.1 Å². The Morgan fingerprint density at radius 3 is 2.43 bits per heavy atom. The average molecular weight is 344 g/mol. The minimum absolute atomic E-state index is 0.218. The SMILES string of the molecule is CCOc1cc(Cl)c(C(=O)c2cc(Cl)ccc2C)cc1Cl. The largest absolute Gasteiger partial charge is 0.492 e. The molecule has 21 heavy (non-hydrogen) atoms. The number of ketones is 1. The monoisotopic (exact) mass is 342 g/mol. The highest BCUT2D eigenvalue weighted by atomic mass is 35.5. The number of carbonyl (C=O) groups is 1. The minimum Gasteiger partial charge on any atom is -0.492 e. The average Bonchev–Trinajstić information content (AvgIpc) is 2.44. The van der Waals surface area contributed by atoms with E-state index in [1.165, 1.54) is 6.07 Å². The molecule has 2 rings (SSSR count). The Kier molecular flexibility index (Phi) is 5.15. The van der Waals surface area contributed by atoms with Gasteiger partial charge in [-0.15, -0.1) is 0 Å². The standard InChI is InChI=1S/C16H13Cl3O2/c1-3-21-15-8-13(18)12(7-14(15)19)16(20)11-6-10(17)5-4-9(11)2/h4-8H,3H2,1-2H3. The number of aryl methyl sites for hydroxylation is 1. The quantitative estimate of drug-likeness (QED) is 0.677. The lowest BCUT2D eigenvalue weighted by Crippen LogP contribution is -2.05. The summed E-state index contributed by atoms with van der Waals surface area (Å²) in [6, 6.07) is 8.23. The number of halogens is 3. The van der Waals surface area contributed by atoms with Crippen molar-refractivity contribution in [2.45, 2.75) is 13.8 Å². The molecule has 110 valence electrons. The Balaban J connectivity index is 2.49. The fourth-order valence-electron chi connectivity index (χ4n) is 1.95. The number of rotatable bonds is 4. The molecule has 0 saturated carbocycles. The van der Waals surface area contributed by atoms with E-state index in [2.05, 4.69) is 0 Å². The van der Waals surface area contributed by atoms with Crippen LogP contribution in [0.25, 0.3) is 0 Å². The first-order chi connectivity index (χ1) is 9.93. The molecule has 0 fully saturated rings. The number of ether oxygens (including phenoxy) is 1. The van der Waals surface area contributed by atoms with E-state index in [1.54, 1.807) is 24.3 Å². The topological polar surface area (TPSA) is 26.3 Å². The molecule has 0 saturated heterocycles. The molecular formula is C16H13Cl3O2. The maximum absolute atomic E-state index is 12.6. The van der Waals surface area contributed by atoms with Gasteiger partial charge in [0.2, 0.25) is 0 Å². The Bertz CT molecular complexity index is 696. The first-order valence-corrected chi connectivity index (χ1v) is 7.50. The van der Waals surface area contributed by atoms with Crippen LogP contribution < -0.4 is 4.74 Å². The van der Waals surface area contributed by atoms with Crippen LogP contribution in [0.2, 0.25) is 15.1 Å². The molecular weight excluding hydrogens is 331 g/mol. The lowest BCUT2D eigenvalue weighted by atomic mass is 9.99. The molecule has 2 aromatic rings. The van der Waals surface area contributed by atoms with E-state index in [4.69, 9.17) is 39.5 Å². The molecule has 0 aromatic heterocycles. The van der Waals surface area contributed by atoms with Crippen molar-refractivity contribution >= 4 is 40.6 Å². The van der Waals surface area contributed by atoms with Crippen LogP contribution in [0.4, 0.5) is 0 Å². The van der Waals surface area contributed by atoms with Crippen LogP contribution in [0, 0.1) is 6.92 Å². The summed E-state index contributed by atoms with van der Waals surface area (Å²) >= 11 is 18.3. The molecule has 0 amide bonds. The van der Waals surface area contributed by atoms with Gasteiger partial charge < -0.3 is 4.74 Å². The molecule has 0 aliphatic heterocycles. The van der Waals surface area contributed by atoms with Crippen molar-refractivity contribution < 1.29 is 9.53 Å². The number of carbonyl (C=O) groups excluding carboxylic acids is 1. The second kappa shape index (κ2) is 6.69. The van der Waals surface area contributed by atoms with Gasteiger partial charge in [-0.25, -0.2) is 0 Å². The van der Waals surface area contributed by atoms with E-state index in [1.807, 2.05) is 13.8 Å². The van der Waals surface area contributed by atoms with Crippen molar-refractivity contribution in [2.24, 2.45) is 0 Å². The van der Waals surface area contributed by atoms with Crippen LogP contribution in [0.3, 0.4) is 0 Å². The third kappa shape index (κ3) is 3.52. The zero-order chi connectivity index (χ0) is 15.6. The fourth-order valence-corrected chi connectivity index (χ4v) is 2.58. The second-order valence-corrected chi connectivity index (χ2v) is 5.73. The lowest BCUT2D eigenvalue weighted by molar-refractivity contribution is 0.103. The van der Waals surface area contributed by atoms with Crippen LogP contribution in [0.5, 0.6) is 5.75 Å². The van der Waals surface area contributed by atoms with Crippen molar-refractivity contribution in [3.63, 3.8) is 0 Å². The van der Waals surface area contributed by atoms with Crippen molar-refractivity contribution in [3.8, 4) is 5.75 Å². The summed E-state index contributed by atoms with van der Waals surface area (Å²) in [6.45, 7) is 4.16. The molecule has 0 atom stereocenters. The predicted octanol–water partition coefficient (Wildman–Crippen LogP) is 5.58. The van der Waals surface area contributed by atoms with Gasteiger partial charge in [-0.2, -0.15) is 0 Å². The zero-order valence-corrected chi connectivity index (χ0v) is 13.8. The van der Waals surface area contributed by atoms with Crippen LogP contribution in [0.1, 0.15) is 28.4 Å². The van der Waals surface area contributed by atoms with Gasteiger partial charge >= 0.3 is 0 Å². The van der Waals surface area contributed by atoms with Crippen LogP contribution >= 0.6 is 34.8 Å². The van der Waals surface area contributed by atoms with Crippen molar-refractivity contribution in [1.29, 1.82) is 0 Å². The zero-order valence-electron chi connectivity index (χ0n) is 11.5. The highest BCUT2D eigenvalue weighted by Crippen LogP contribution is 2.33. The minimum atomic E-state index is -0.218. The number of hydrogen-bond acceptors (Lipinski definition) is 2. The Morgan fingerprint density at radius 2 is 1.76 bits per heavy atom. The van der Waals surface area contributed by atoms with Crippen molar-refractivity contribution in [2.75, 3.05) is 6.61 Å². The smallest absolute Gasteiger partial charge is 0.194 e. The Labute approximate surface area is 138 Å². The highest BCUT2D eigenvalue weighted by Gasteiger charge is 2.18. The van der Waals surface area contributed by atoms with E-state index >= 15 is 0 Å². The summed E-state index contributed by atoms with van der Waals surface area (Å²) in [7, 11) is 0. The van der Waals surface area contributed by atoms with Crippen LogP contribution in [-0.2, 0) is 0 Å². The maximum atomic E-state index is 12.6. The van der Waals surface area contributed by atoms with E-state index in [9.17, 15) is 4.79 Å². The Morgan fingerprint density at radius 1 is 1.05 bits per heavy atom. The molecule has 2 aromatic carbocycles. The third-order valence-corrected chi connectivity index (χ3v) is 3.85. The fraction of sp³-hybridized carbons (Fsp3) is 0.188. The highest BCUT2D eigenvalue weighted by molar-refractivity contribution is 6.38. The van der Waals surface area contributed by atoms with Crippen molar-refractivity contribution in [1.82, 2.24) is 0 Å². The number of hydrogen-bond donors (Lipinski definition) is 0. The van der Waals surface area contributed by atoms with E-state index in [0.717, 1.165) is 5.56 Å². The third-order valence-electron chi connectivity index (χ3n) is 3.01. The lowest BCUT2D eigenvalue weighted by Gasteiger charge is -2.11. The van der Waals surface area contributed by atoms with Crippen LogP contribution in [-0.4, -0.2) is 12.4 Å². The van der Waals surface area contributed by atoms with Crippen LogP contribution in [0.15, 0.2) is 30.3 Å². The van der Waals surface area contributed by atoms with Gasteiger partial charge in [0.05, 0.1) is 16.7 Å². The van der Waals surface area contributed by atoms with Gasteiger partial charge in [-0.3, -0.25) is 4.79 Å². The van der Waals surface area contributed by atoms with E-state index in [-0.39, 0.29) is 5.78 Å². The molecule has 0 radical (unpaired) electrons. The maximum Gasteiger partial charge on any atom is 0.194 e.